The smallest absolute Gasteiger partial charge is 0.415 e. The van der Waals surface area contributed by atoms with Crippen LogP contribution in [0.15, 0.2) is 60.7 Å². The first-order valence-electron chi connectivity index (χ1n) is 6.28. The summed E-state index contributed by atoms with van der Waals surface area (Å²) in [5.41, 5.74) is 1.54. The van der Waals surface area contributed by atoms with E-state index in [2.05, 4.69) is 0 Å². The molecule has 0 spiro atoms. The van der Waals surface area contributed by atoms with Crippen LogP contribution in [0.2, 0.25) is 0 Å². The lowest BCUT2D eigenvalue weighted by Gasteiger charge is -2.19. The van der Waals surface area contributed by atoms with Crippen molar-refractivity contribution in [2.45, 2.75) is 6.61 Å². The van der Waals surface area contributed by atoms with E-state index in [0.29, 0.717) is 12.0 Å². The van der Waals surface area contributed by atoms with Crippen LogP contribution in [0.25, 0.3) is 0 Å². The molecule has 0 unspecified atom stereocenters. The van der Waals surface area contributed by atoms with E-state index < -0.39 is 6.09 Å². The van der Waals surface area contributed by atoms with Gasteiger partial charge in [0.05, 0.1) is 6.54 Å². The summed E-state index contributed by atoms with van der Waals surface area (Å²) in [5.74, 6) is 0. The minimum absolute atomic E-state index is 0.0301. The summed E-state index contributed by atoms with van der Waals surface area (Å²) in [6.07, 6.45) is 0.142. The second kappa shape index (κ2) is 7.09. The van der Waals surface area contributed by atoms with Crippen molar-refractivity contribution < 1.29 is 14.3 Å². The fraction of sp³-hybridized carbons (Fsp3) is 0.125. The van der Waals surface area contributed by atoms with Gasteiger partial charge in [-0.3, -0.25) is 4.90 Å². The highest BCUT2D eigenvalue weighted by atomic mass is 16.6. The maximum atomic E-state index is 12.1. The number of carbonyl (C=O) groups excluding carboxylic acids is 2. The lowest BCUT2D eigenvalue weighted by atomic mass is 10.2. The normalized spacial score (nSPS) is 9.80. The summed E-state index contributed by atoms with van der Waals surface area (Å²) < 4.78 is 5.23. The molecule has 102 valence electrons. The van der Waals surface area contributed by atoms with Gasteiger partial charge in [-0.15, -0.1) is 0 Å². The Kier molecular flexibility index (Phi) is 4.89. The van der Waals surface area contributed by atoms with Crippen molar-refractivity contribution in [1.82, 2.24) is 0 Å². The average molecular weight is 269 g/mol. The molecule has 0 saturated heterocycles. The summed E-state index contributed by atoms with van der Waals surface area (Å²) >= 11 is 0. The maximum absolute atomic E-state index is 12.1. The minimum Gasteiger partial charge on any atom is -0.444 e. The fourth-order valence-corrected chi connectivity index (χ4v) is 1.77. The number of nitrogens with zero attached hydrogens (tertiary/aromatic N) is 1. The van der Waals surface area contributed by atoms with E-state index in [-0.39, 0.29) is 13.2 Å². The van der Waals surface area contributed by atoms with Crippen LogP contribution in [-0.2, 0) is 16.1 Å². The van der Waals surface area contributed by atoms with Gasteiger partial charge in [-0.2, -0.15) is 0 Å². The third-order valence-corrected chi connectivity index (χ3v) is 2.75. The van der Waals surface area contributed by atoms with Crippen LogP contribution < -0.4 is 4.90 Å². The van der Waals surface area contributed by atoms with E-state index in [9.17, 15) is 9.59 Å². The van der Waals surface area contributed by atoms with Gasteiger partial charge in [0.1, 0.15) is 12.9 Å². The molecule has 2 aromatic carbocycles. The third-order valence-electron chi connectivity index (χ3n) is 2.75. The van der Waals surface area contributed by atoms with Gasteiger partial charge in [0, 0.05) is 5.69 Å². The zero-order valence-corrected chi connectivity index (χ0v) is 10.9. The number of ether oxygens (including phenoxy) is 1. The highest BCUT2D eigenvalue weighted by Crippen LogP contribution is 2.14. The number of carbonyl (C=O) groups is 2. The zero-order chi connectivity index (χ0) is 14.2. The Morgan fingerprint density at radius 2 is 1.60 bits per heavy atom. The first-order chi connectivity index (χ1) is 9.81. The zero-order valence-electron chi connectivity index (χ0n) is 10.9. The highest BCUT2D eigenvalue weighted by Gasteiger charge is 2.16. The average Bonchev–Trinajstić information content (AvgIpc) is 2.52. The van der Waals surface area contributed by atoms with E-state index in [4.69, 9.17) is 4.74 Å². The van der Waals surface area contributed by atoms with E-state index >= 15 is 0 Å². The summed E-state index contributed by atoms with van der Waals surface area (Å²) in [6, 6.07) is 18.4. The Morgan fingerprint density at radius 3 is 2.20 bits per heavy atom. The van der Waals surface area contributed by atoms with Crippen LogP contribution in [0.4, 0.5) is 10.5 Å². The van der Waals surface area contributed by atoms with Crippen LogP contribution in [-0.4, -0.2) is 18.9 Å². The largest absolute Gasteiger partial charge is 0.444 e. The number of amides is 1. The molecule has 4 heteroatoms. The van der Waals surface area contributed by atoms with Gasteiger partial charge < -0.3 is 9.53 Å². The van der Waals surface area contributed by atoms with E-state index in [1.54, 1.807) is 24.3 Å². The number of anilines is 1. The van der Waals surface area contributed by atoms with Gasteiger partial charge >= 0.3 is 6.09 Å². The van der Waals surface area contributed by atoms with E-state index in [1.807, 2.05) is 36.4 Å². The van der Waals surface area contributed by atoms with Gasteiger partial charge in [0.25, 0.3) is 0 Å². The quantitative estimate of drug-likeness (QED) is 0.784. The van der Waals surface area contributed by atoms with Crippen molar-refractivity contribution in [1.29, 1.82) is 0 Å². The molecule has 0 heterocycles. The summed E-state index contributed by atoms with van der Waals surface area (Å²) in [6.45, 7) is 0.152. The van der Waals surface area contributed by atoms with Crippen molar-refractivity contribution in [2.75, 3.05) is 11.4 Å². The molecule has 1 amide bonds. The Bertz CT molecular complexity index is 554. The standard InChI is InChI=1S/C16H15NO3/c18-12-11-17(15-9-5-2-6-10-15)16(19)20-13-14-7-3-1-4-8-14/h1-10,12H,11,13H2. The molecule has 0 aliphatic heterocycles. The third kappa shape index (κ3) is 3.68. The first kappa shape index (κ1) is 13.8. The Morgan fingerprint density at radius 1 is 1.00 bits per heavy atom. The lowest BCUT2D eigenvalue weighted by molar-refractivity contribution is -0.106. The number of para-hydroxylation sites is 1. The minimum atomic E-state index is -0.535. The molecule has 2 aromatic rings. The number of benzene rings is 2. The topological polar surface area (TPSA) is 46.6 Å². The van der Waals surface area contributed by atoms with Crippen LogP contribution in [0.1, 0.15) is 5.56 Å². The Labute approximate surface area is 117 Å². The van der Waals surface area contributed by atoms with Crippen molar-refractivity contribution >= 4 is 18.1 Å². The summed E-state index contributed by atoms with van der Waals surface area (Å²) in [5, 5.41) is 0. The number of hydrogen-bond acceptors (Lipinski definition) is 3. The maximum Gasteiger partial charge on any atom is 0.415 e. The fourth-order valence-electron chi connectivity index (χ4n) is 1.77. The molecule has 20 heavy (non-hydrogen) atoms. The van der Waals surface area contributed by atoms with Crippen molar-refractivity contribution in [3.05, 3.63) is 66.2 Å². The first-order valence-corrected chi connectivity index (χ1v) is 6.28. The molecular weight excluding hydrogens is 254 g/mol. The molecule has 0 fully saturated rings. The molecule has 2 rings (SSSR count). The molecule has 0 aliphatic rings. The summed E-state index contributed by atoms with van der Waals surface area (Å²) in [4.78, 5) is 24.1. The molecule has 4 nitrogen and oxygen atoms in total. The second-order valence-corrected chi connectivity index (χ2v) is 4.15. The molecule has 0 radical (unpaired) electrons. The predicted octanol–water partition coefficient (Wildman–Crippen LogP) is 3.03. The van der Waals surface area contributed by atoms with Crippen LogP contribution in [0.3, 0.4) is 0 Å². The monoisotopic (exact) mass is 269 g/mol. The number of rotatable bonds is 5. The molecular formula is C16H15NO3. The van der Waals surface area contributed by atoms with Crippen molar-refractivity contribution in [2.24, 2.45) is 0 Å². The Balaban J connectivity index is 2.02. The van der Waals surface area contributed by atoms with Crippen LogP contribution >= 0.6 is 0 Å². The van der Waals surface area contributed by atoms with E-state index in [0.717, 1.165) is 5.56 Å². The molecule has 0 N–H and O–H groups in total. The molecule has 0 aliphatic carbocycles. The van der Waals surface area contributed by atoms with Gasteiger partial charge in [-0.05, 0) is 17.7 Å². The second-order valence-electron chi connectivity index (χ2n) is 4.15. The highest BCUT2D eigenvalue weighted by molar-refractivity contribution is 5.90. The van der Waals surface area contributed by atoms with Crippen LogP contribution in [0, 0.1) is 0 Å². The van der Waals surface area contributed by atoms with Gasteiger partial charge in [-0.25, -0.2) is 4.79 Å². The molecule has 0 aromatic heterocycles. The number of aldehydes is 1. The predicted molar refractivity (Wildman–Crippen MR) is 76.5 cm³/mol. The van der Waals surface area contributed by atoms with Crippen molar-refractivity contribution in [3.63, 3.8) is 0 Å². The lowest BCUT2D eigenvalue weighted by Crippen LogP contribution is -2.33. The molecule has 0 saturated carbocycles. The summed E-state index contributed by atoms with van der Waals surface area (Å²) in [7, 11) is 0. The van der Waals surface area contributed by atoms with Crippen LogP contribution in [0.5, 0.6) is 0 Å². The molecule has 0 bridgehead atoms. The van der Waals surface area contributed by atoms with Gasteiger partial charge in [0.2, 0.25) is 0 Å². The number of hydrogen-bond donors (Lipinski definition) is 0. The van der Waals surface area contributed by atoms with Gasteiger partial charge in [0.15, 0.2) is 0 Å². The SMILES string of the molecule is O=CCN(C(=O)OCc1ccccc1)c1ccccc1. The molecule has 0 atom stereocenters. The Hall–Kier alpha value is -2.62. The van der Waals surface area contributed by atoms with Crippen molar-refractivity contribution in [3.8, 4) is 0 Å². The van der Waals surface area contributed by atoms with Gasteiger partial charge in [-0.1, -0.05) is 48.5 Å². The van der Waals surface area contributed by atoms with E-state index in [1.165, 1.54) is 4.90 Å².